The molecule has 1 aliphatic heterocycles. The van der Waals surface area contributed by atoms with E-state index >= 15 is 0 Å². The highest BCUT2D eigenvalue weighted by atomic mass is 16.5. The Morgan fingerprint density at radius 3 is 2.72 bits per heavy atom. The van der Waals surface area contributed by atoms with Crippen LogP contribution >= 0.6 is 0 Å². The third kappa shape index (κ3) is 4.05. The fourth-order valence-electron chi connectivity index (χ4n) is 3.00. The van der Waals surface area contributed by atoms with E-state index in [9.17, 15) is 9.59 Å². The lowest BCUT2D eigenvalue weighted by atomic mass is 10.1. The molecule has 1 aromatic carbocycles. The van der Waals surface area contributed by atoms with Crippen molar-refractivity contribution in [2.24, 2.45) is 0 Å². The van der Waals surface area contributed by atoms with Gasteiger partial charge in [0.05, 0.1) is 5.69 Å². The molecule has 2 heterocycles. The average Bonchev–Trinajstić information content (AvgIpc) is 2.98. The number of likely N-dealkylation sites (tertiary alicyclic amines) is 1. The van der Waals surface area contributed by atoms with Crippen LogP contribution in [0.5, 0.6) is 0 Å². The Morgan fingerprint density at radius 1 is 1.28 bits per heavy atom. The number of hydrogen-bond donors (Lipinski definition) is 0. The lowest BCUT2D eigenvalue weighted by Crippen LogP contribution is -2.39. The van der Waals surface area contributed by atoms with Gasteiger partial charge in [0.1, 0.15) is 12.1 Å². The Labute approximate surface area is 147 Å². The van der Waals surface area contributed by atoms with Crippen molar-refractivity contribution in [2.45, 2.75) is 45.4 Å². The predicted molar refractivity (Wildman–Crippen MR) is 93.5 cm³/mol. The van der Waals surface area contributed by atoms with Gasteiger partial charge in [-0.2, -0.15) is 0 Å². The molecule has 0 saturated carbocycles. The van der Waals surface area contributed by atoms with Crippen molar-refractivity contribution in [3.8, 4) is 0 Å². The van der Waals surface area contributed by atoms with E-state index in [1.165, 1.54) is 0 Å². The zero-order chi connectivity index (χ0) is 17.8. The maximum Gasteiger partial charge on any atom is 0.329 e. The topological polar surface area (TPSA) is 59.5 Å². The Morgan fingerprint density at radius 2 is 2.04 bits per heavy atom. The number of aromatic nitrogens is 1. The van der Waals surface area contributed by atoms with Crippen LogP contribution < -0.4 is 0 Å². The van der Waals surface area contributed by atoms with Crippen molar-refractivity contribution in [2.75, 3.05) is 0 Å². The second kappa shape index (κ2) is 7.47. The fourth-order valence-corrected chi connectivity index (χ4v) is 3.00. The third-order valence-corrected chi connectivity index (χ3v) is 4.47. The van der Waals surface area contributed by atoms with Crippen molar-refractivity contribution >= 4 is 11.9 Å². The Kier molecular flexibility index (Phi) is 5.12. The molecule has 0 N–H and O–H groups in total. The molecular formula is C20H22N2O3. The second-order valence-corrected chi connectivity index (χ2v) is 6.40. The monoisotopic (exact) mass is 338 g/mol. The summed E-state index contributed by atoms with van der Waals surface area (Å²) < 4.78 is 5.56. The molecule has 2 aromatic rings. The van der Waals surface area contributed by atoms with Crippen molar-refractivity contribution in [1.82, 2.24) is 9.88 Å². The van der Waals surface area contributed by atoms with Gasteiger partial charge in [0, 0.05) is 19.2 Å². The molecule has 1 saturated heterocycles. The number of hydrogen-bond acceptors (Lipinski definition) is 4. The van der Waals surface area contributed by atoms with Crippen LogP contribution in [0.15, 0.2) is 48.7 Å². The molecule has 0 aliphatic carbocycles. The highest BCUT2D eigenvalue weighted by Gasteiger charge is 2.37. The Bertz CT molecular complexity index is 743. The third-order valence-electron chi connectivity index (χ3n) is 4.47. The summed E-state index contributed by atoms with van der Waals surface area (Å²) >= 11 is 0. The predicted octanol–water partition coefficient (Wildman–Crippen LogP) is 3.19. The summed E-state index contributed by atoms with van der Waals surface area (Å²) in [5.74, 6) is -0.371. The van der Waals surface area contributed by atoms with Crippen LogP contribution in [-0.4, -0.2) is 27.8 Å². The smallest absolute Gasteiger partial charge is 0.329 e. The van der Waals surface area contributed by atoms with Crippen LogP contribution in [0.4, 0.5) is 0 Å². The summed E-state index contributed by atoms with van der Waals surface area (Å²) in [5.41, 5.74) is 2.87. The first-order chi connectivity index (χ1) is 12.0. The number of amides is 1. The number of pyridine rings is 1. The number of benzene rings is 1. The van der Waals surface area contributed by atoms with Crippen LogP contribution in [0.2, 0.25) is 0 Å². The first-order valence-electron chi connectivity index (χ1n) is 8.51. The molecule has 1 amide bonds. The zero-order valence-electron chi connectivity index (χ0n) is 14.5. The van der Waals surface area contributed by atoms with Crippen LogP contribution in [0.25, 0.3) is 0 Å². The molecule has 1 aromatic heterocycles. The summed E-state index contributed by atoms with van der Waals surface area (Å²) in [6.07, 6.45) is 2.11. The van der Waals surface area contributed by atoms with Gasteiger partial charge in [-0.1, -0.05) is 35.9 Å². The van der Waals surface area contributed by atoms with E-state index in [1.54, 1.807) is 18.0 Å². The number of carbonyl (C=O) groups is 2. The minimum Gasteiger partial charge on any atom is -0.455 e. The highest BCUT2D eigenvalue weighted by molar-refractivity contribution is 5.88. The van der Waals surface area contributed by atoms with Crippen molar-refractivity contribution in [3.05, 3.63) is 65.5 Å². The minimum absolute atomic E-state index is 0.00647. The summed E-state index contributed by atoms with van der Waals surface area (Å²) in [6, 6.07) is 13.0. The van der Waals surface area contributed by atoms with Crippen molar-refractivity contribution < 1.29 is 14.3 Å². The quantitative estimate of drug-likeness (QED) is 0.786. The van der Waals surface area contributed by atoms with Crippen molar-refractivity contribution in [1.29, 1.82) is 0 Å². The Balaban J connectivity index is 1.68. The number of esters is 1. The molecule has 5 heteroatoms. The van der Waals surface area contributed by atoms with Crippen LogP contribution in [0, 0.1) is 6.92 Å². The number of nitrogens with zero attached hydrogens (tertiary/aromatic N) is 2. The van der Waals surface area contributed by atoms with Gasteiger partial charge < -0.3 is 9.64 Å². The molecule has 3 rings (SSSR count). The van der Waals surface area contributed by atoms with Gasteiger partial charge in [-0.05, 0) is 38.0 Å². The number of rotatable bonds is 5. The molecule has 130 valence electrons. The SMILES string of the molecule is Cc1ccc(CN2C(=O)CC[C@H]2C(=O)O[C@H](C)c2ccccn2)cc1. The van der Waals surface area contributed by atoms with Gasteiger partial charge in [-0.3, -0.25) is 9.78 Å². The van der Waals surface area contributed by atoms with E-state index in [0.717, 1.165) is 11.1 Å². The molecular weight excluding hydrogens is 316 g/mol. The molecule has 0 bridgehead atoms. The molecule has 2 atom stereocenters. The number of aryl methyl sites for hydroxylation is 1. The van der Waals surface area contributed by atoms with Gasteiger partial charge in [0.2, 0.25) is 5.91 Å². The standard InChI is InChI=1S/C20H22N2O3/c1-14-6-8-16(9-7-14)13-22-18(10-11-19(22)23)20(24)25-15(2)17-5-3-4-12-21-17/h3-9,12,15,18H,10-11,13H2,1-2H3/t15-,18+/m1/s1. The van der Waals surface area contributed by atoms with E-state index in [1.807, 2.05) is 49.4 Å². The van der Waals surface area contributed by atoms with Crippen LogP contribution in [-0.2, 0) is 20.9 Å². The van der Waals surface area contributed by atoms with Gasteiger partial charge >= 0.3 is 5.97 Å². The molecule has 25 heavy (non-hydrogen) atoms. The average molecular weight is 338 g/mol. The summed E-state index contributed by atoms with van der Waals surface area (Å²) in [4.78, 5) is 30.6. The lowest BCUT2D eigenvalue weighted by molar-refractivity contribution is -0.156. The van der Waals surface area contributed by atoms with E-state index in [0.29, 0.717) is 25.1 Å². The highest BCUT2D eigenvalue weighted by Crippen LogP contribution is 2.25. The lowest BCUT2D eigenvalue weighted by Gasteiger charge is -2.25. The van der Waals surface area contributed by atoms with Crippen LogP contribution in [0.3, 0.4) is 0 Å². The molecule has 1 fully saturated rings. The maximum absolute atomic E-state index is 12.6. The molecule has 0 spiro atoms. The maximum atomic E-state index is 12.6. The first-order valence-corrected chi connectivity index (χ1v) is 8.51. The minimum atomic E-state index is -0.528. The van der Waals surface area contributed by atoms with Crippen molar-refractivity contribution in [3.63, 3.8) is 0 Å². The normalized spacial score (nSPS) is 18.2. The first kappa shape index (κ1) is 17.1. The summed E-state index contributed by atoms with van der Waals surface area (Å²) in [7, 11) is 0. The molecule has 0 unspecified atom stereocenters. The zero-order valence-corrected chi connectivity index (χ0v) is 14.5. The van der Waals surface area contributed by atoms with E-state index in [-0.39, 0.29) is 11.9 Å². The molecule has 0 radical (unpaired) electrons. The largest absolute Gasteiger partial charge is 0.455 e. The molecule has 5 nitrogen and oxygen atoms in total. The number of carbonyl (C=O) groups excluding carboxylic acids is 2. The van der Waals surface area contributed by atoms with E-state index < -0.39 is 12.1 Å². The fraction of sp³-hybridized carbons (Fsp3) is 0.350. The van der Waals surface area contributed by atoms with Gasteiger partial charge in [-0.25, -0.2) is 4.79 Å². The van der Waals surface area contributed by atoms with E-state index in [2.05, 4.69) is 4.98 Å². The van der Waals surface area contributed by atoms with E-state index in [4.69, 9.17) is 4.74 Å². The summed E-state index contributed by atoms with van der Waals surface area (Å²) in [6.45, 7) is 4.24. The van der Waals surface area contributed by atoms with Crippen LogP contribution in [0.1, 0.15) is 42.7 Å². The van der Waals surface area contributed by atoms with Gasteiger partial charge in [0.15, 0.2) is 0 Å². The Hall–Kier alpha value is -2.69. The summed E-state index contributed by atoms with van der Waals surface area (Å²) in [5, 5.41) is 0. The number of ether oxygens (including phenoxy) is 1. The van der Waals surface area contributed by atoms with Gasteiger partial charge in [0.25, 0.3) is 0 Å². The van der Waals surface area contributed by atoms with Gasteiger partial charge in [-0.15, -0.1) is 0 Å². The second-order valence-electron chi connectivity index (χ2n) is 6.40. The molecule has 1 aliphatic rings.